The molecular weight excluding hydrogens is 317 g/mol. The fourth-order valence-corrected chi connectivity index (χ4v) is 4.03. The van der Waals surface area contributed by atoms with Crippen LogP contribution in [0.25, 0.3) is 0 Å². The monoisotopic (exact) mass is 344 g/mol. The smallest absolute Gasteiger partial charge is 0.301 e. The molecule has 2 aliphatic heterocycles. The van der Waals surface area contributed by atoms with Crippen molar-refractivity contribution in [2.75, 3.05) is 26.2 Å². The highest BCUT2D eigenvalue weighted by Crippen LogP contribution is 2.33. The molecule has 1 aromatic heterocycles. The number of nitrogens with zero attached hydrogens (tertiary/aromatic N) is 3. The van der Waals surface area contributed by atoms with Crippen molar-refractivity contribution in [2.24, 2.45) is 0 Å². The highest BCUT2D eigenvalue weighted by molar-refractivity contribution is 5.16. The molecule has 0 spiro atoms. The first-order valence-corrected chi connectivity index (χ1v) is 8.95. The van der Waals surface area contributed by atoms with Gasteiger partial charge in [-0.3, -0.25) is 5.10 Å². The Bertz CT molecular complexity index is 524. The Labute approximate surface area is 141 Å². The molecule has 1 aromatic rings. The van der Waals surface area contributed by atoms with E-state index in [9.17, 15) is 13.2 Å². The van der Waals surface area contributed by atoms with Crippen LogP contribution in [-0.4, -0.2) is 58.3 Å². The molecule has 0 unspecified atom stereocenters. The molecule has 24 heavy (non-hydrogen) atoms. The van der Waals surface area contributed by atoms with Gasteiger partial charge in [-0.1, -0.05) is 0 Å². The maximum absolute atomic E-state index is 12.7. The molecule has 3 rings (SSSR count). The molecule has 4 nitrogen and oxygen atoms in total. The number of aromatic nitrogens is 2. The molecule has 2 aliphatic rings. The molecule has 1 N–H and O–H groups in total. The van der Waals surface area contributed by atoms with Crippen LogP contribution in [0.4, 0.5) is 13.2 Å². The zero-order chi connectivity index (χ0) is 17.3. The molecule has 0 atom stereocenters. The summed E-state index contributed by atoms with van der Waals surface area (Å²) in [6.07, 6.45) is -0.149. The maximum Gasteiger partial charge on any atom is 0.435 e. The zero-order valence-corrected chi connectivity index (χ0v) is 14.4. The van der Waals surface area contributed by atoms with Crippen LogP contribution >= 0.6 is 0 Å². The lowest BCUT2D eigenvalue weighted by Crippen LogP contribution is -2.48. The first-order chi connectivity index (χ1) is 11.3. The lowest BCUT2D eigenvalue weighted by Gasteiger charge is -2.42. The summed E-state index contributed by atoms with van der Waals surface area (Å²) in [4.78, 5) is 5.06. The molecule has 3 heterocycles. The molecule has 0 saturated carbocycles. The Morgan fingerprint density at radius 2 is 1.71 bits per heavy atom. The molecule has 0 amide bonds. The normalized spacial score (nSPS) is 23.2. The Morgan fingerprint density at radius 3 is 2.21 bits per heavy atom. The van der Waals surface area contributed by atoms with Crippen molar-refractivity contribution in [2.45, 2.75) is 63.7 Å². The van der Waals surface area contributed by atoms with E-state index >= 15 is 0 Å². The topological polar surface area (TPSA) is 35.2 Å². The van der Waals surface area contributed by atoms with Crippen LogP contribution in [0, 0.1) is 0 Å². The molecule has 2 saturated heterocycles. The van der Waals surface area contributed by atoms with Crippen molar-refractivity contribution in [1.29, 1.82) is 0 Å². The van der Waals surface area contributed by atoms with Gasteiger partial charge in [0.15, 0.2) is 5.69 Å². The number of rotatable bonds is 3. The lowest BCUT2D eigenvalue weighted by molar-refractivity contribution is -0.141. The van der Waals surface area contributed by atoms with E-state index in [-0.39, 0.29) is 5.92 Å². The van der Waals surface area contributed by atoms with E-state index in [2.05, 4.69) is 33.8 Å². The summed E-state index contributed by atoms with van der Waals surface area (Å²) in [6, 6.07) is 2.43. The van der Waals surface area contributed by atoms with Crippen LogP contribution in [0.5, 0.6) is 0 Å². The Balaban J connectivity index is 1.50. The number of likely N-dealkylation sites (tertiary alicyclic amines) is 2. The minimum Gasteiger partial charge on any atom is -0.301 e. The summed E-state index contributed by atoms with van der Waals surface area (Å²) >= 11 is 0. The third-order valence-corrected chi connectivity index (χ3v) is 5.60. The van der Waals surface area contributed by atoms with Gasteiger partial charge in [0.1, 0.15) is 0 Å². The Kier molecular flexibility index (Phi) is 5.20. The predicted molar refractivity (Wildman–Crippen MR) is 86.9 cm³/mol. The van der Waals surface area contributed by atoms with Gasteiger partial charge in [-0.15, -0.1) is 0 Å². The van der Waals surface area contributed by atoms with Gasteiger partial charge in [0.25, 0.3) is 0 Å². The van der Waals surface area contributed by atoms with Gasteiger partial charge in [-0.25, -0.2) is 0 Å². The van der Waals surface area contributed by atoms with Crippen molar-refractivity contribution in [3.8, 4) is 0 Å². The summed E-state index contributed by atoms with van der Waals surface area (Å²) in [7, 11) is 0. The first kappa shape index (κ1) is 17.7. The second kappa shape index (κ2) is 7.04. The quantitative estimate of drug-likeness (QED) is 0.912. The molecular formula is C17H27F3N4. The van der Waals surface area contributed by atoms with Crippen LogP contribution in [0.15, 0.2) is 6.07 Å². The standard InChI is InChI=1S/C17H27F3N4/c1-12(2)23-9-5-14(6-10-23)24-7-3-13(4-8-24)15-11-16(22-21-15)17(18,19)20/h11-14H,3-10H2,1-2H3,(H,21,22). The minimum atomic E-state index is -4.36. The van der Waals surface area contributed by atoms with Crippen LogP contribution in [0.1, 0.15) is 56.8 Å². The van der Waals surface area contributed by atoms with Gasteiger partial charge in [-0.2, -0.15) is 18.3 Å². The van der Waals surface area contributed by atoms with Gasteiger partial charge in [0.05, 0.1) is 0 Å². The number of H-pyrrole nitrogens is 1. The average Bonchev–Trinajstić information content (AvgIpc) is 3.05. The van der Waals surface area contributed by atoms with Crippen LogP contribution in [-0.2, 0) is 6.18 Å². The van der Waals surface area contributed by atoms with Crippen LogP contribution < -0.4 is 0 Å². The van der Waals surface area contributed by atoms with Gasteiger partial charge in [0.2, 0.25) is 0 Å². The molecule has 7 heteroatoms. The molecule has 0 radical (unpaired) electrons. The number of hydrogen-bond acceptors (Lipinski definition) is 3. The maximum atomic E-state index is 12.7. The number of nitrogens with one attached hydrogen (secondary N) is 1. The largest absolute Gasteiger partial charge is 0.435 e. The summed E-state index contributed by atoms with van der Waals surface area (Å²) < 4.78 is 38.0. The lowest BCUT2D eigenvalue weighted by atomic mass is 9.91. The first-order valence-electron chi connectivity index (χ1n) is 8.95. The summed E-state index contributed by atoms with van der Waals surface area (Å²) in [5.74, 6) is 0.167. The fourth-order valence-electron chi connectivity index (χ4n) is 4.03. The zero-order valence-electron chi connectivity index (χ0n) is 14.4. The molecule has 0 bridgehead atoms. The van der Waals surface area contributed by atoms with Crippen LogP contribution in [0.2, 0.25) is 0 Å². The SMILES string of the molecule is CC(C)N1CCC(N2CCC(c3cc(C(F)(F)F)n[nH]3)CC2)CC1. The van der Waals surface area contributed by atoms with Gasteiger partial charge in [-0.05, 0) is 71.8 Å². The predicted octanol–water partition coefficient (Wildman–Crippen LogP) is 3.48. The molecule has 0 aliphatic carbocycles. The Hall–Kier alpha value is -1.08. The van der Waals surface area contributed by atoms with E-state index in [0.717, 1.165) is 39.0 Å². The number of piperidine rings is 2. The van der Waals surface area contributed by atoms with E-state index in [0.29, 0.717) is 17.8 Å². The summed E-state index contributed by atoms with van der Waals surface area (Å²) in [5, 5.41) is 6.03. The van der Waals surface area contributed by atoms with Crippen LogP contribution in [0.3, 0.4) is 0 Å². The minimum absolute atomic E-state index is 0.167. The summed E-state index contributed by atoms with van der Waals surface area (Å²) in [5.41, 5.74) is -0.169. The third-order valence-electron chi connectivity index (χ3n) is 5.60. The number of hydrogen-bond donors (Lipinski definition) is 1. The molecule has 2 fully saturated rings. The number of alkyl halides is 3. The Morgan fingerprint density at radius 1 is 1.08 bits per heavy atom. The fraction of sp³-hybridized carbons (Fsp3) is 0.824. The average molecular weight is 344 g/mol. The van der Waals surface area contributed by atoms with Crippen molar-refractivity contribution < 1.29 is 13.2 Å². The second-order valence-electron chi connectivity index (χ2n) is 7.38. The van der Waals surface area contributed by atoms with Crippen molar-refractivity contribution in [3.05, 3.63) is 17.5 Å². The number of aromatic amines is 1. The van der Waals surface area contributed by atoms with Crippen molar-refractivity contribution in [1.82, 2.24) is 20.0 Å². The van der Waals surface area contributed by atoms with E-state index in [4.69, 9.17) is 0 Å². The highest BCUT2D eigenvalue weighted by Gasteiger charge is 2.35. The highest BCUT2D eigenvalue weighted by atomic mass is 19.4. The molecule has 0 aromatic carbocycles. The van der Waals surface area contributed by atoms with Gasteiger partial charge in [0, 0.05) is 23.7 Å². The van der Waals surface area contributed by atoms with E-state index in [1.807, 2.05) is 0 Å². The van der Waals surface area contributed by atoms with Crippen molar-refractivity contribution in [3.63, 3.8) is 0 Å². The summed E-state index contributed by atoms with van der Waals surface area (Å²) in [6.45, 7) is 8.72. The van der Waals surface area contributed by atoms with Crippen molar-refractivity contribution >= 4 is 0 Å². The van der Waals surface area contributed by atoms with Gasteiger partial charge >= 0.3 is 6.18 Å². The second-order valence-corrected chi connectivity index (χ2v) is 7.38. The number of halogens is 3. The van der Waals surface area contributed by atoms with E-state index in [1.165, 1.54) is 18.9 Å². The van der Waals surface area contributed by atoms with E-state index < -0.39 is 11.9 Å². The van der Waals surface area contributed by atoms with Gasteiger partial charge < -0.3 is 9.80 Å². The van der Waals surface area contributed by atoms with E-state index in [1.54, 1.807) is 0 Å². The molecule has 136 valence electrons. The third kappa shape index (κ3) is 3.94.